The molecule has 0 spiro atoms. The first-order chi connectivity index (χ1) is 8.89. The molecule has 1 N–H and O–H groups in total. The van der Waals surface area contributed by atoms with Gasteiger partial charge >= 0.3 is 0 Å². The van der Waals surface area contributed by atoms with E-state index in [0.29, 0.717) is 0 Å². The minimum Gasteiger partial charge on any atom is -0.384 e. The summed E-state index contributed by atoms with van der Waals surface area (Å²) in [4.78, 5) is 0. The van der Waals surface area contributed by atoms with Crippen molar-refractivity contribution in [3.8, 4) is 0 Å². The molecule has 1 unspecified atom stereocenters. The molecule has 5 heteroatoms. The Kier molecular flexibility index (Phi) is 5.97. The monoisotopic (exact) mass is 285 g/mol. The molecule has 0 aromatic heterocycles. The molecule has 0 fully saturated rings. The number of sulfone groups is 1. The molecule has 0 aliphatic rings. The van der Waals surface area contributed by atoms with E-state index >= 15 is 0 Å². The number of rotatable bonds is 7. The van der Waals surface area contributed by atoms with E-state index < -0.39 is 9.84 Å². The third-order valence-electron chi connectivity index (χ3n) is 3.17. The van der Waals surface area contributed by atoms with Crippen LogP contribution in [0.5, 0.6) is 0 Å². The first-order valence-corrected chi connectivity index (χ1v) is 8.15. The van der Waals surface area contributed by atoms with Crippen LogP contribution in [0.2, 0.25) is 0 Å². The Morgan fingerprint density at radius 2 is 2.00 bits per heavy atom. The highest BCUT2D eigenvalue weighted by Crippen LogP contribution is 2.20. The van der Waals surface area contributed by atoms with Gasteiger partial charge in [-0.05, 0) is 32.0 Å². The van der Waals surface area contributed by atoms with Crippen LogP contribution in [0.15, 0.2) is 18.2 Å². The Hall–Kier alpha value is -0.910. The van der Waals surface area contributed by atoms with Crippen molar-refractivity contribution in [1.82, 2.24) is 5.32 Å². The van der Waals surface area contributed by atoms with Crippen molar-refractivity contribution in [1.29, 1.82) is 0 Å². The summed E-state index contributed by atoms with van der Waals surface area (Å²) in [6, 6.07) is 5.90. The topological polar surface area (TPSA) is 55.4 Å². The molecule has 0 bridgehead atoms. The maximum absolute atomic E-state index is 12.0. The molecule has 1 aromatic rings. The fourth-order valence-corrected chi connectivity index (χ4v) is 3.53. The Morgan fingerprint density at radius 1 is 1.32 bits per heavy atom. The number of benzene rings is 1. The fraction of sp³-hybridized carbons (Fsp3) is 0.571. The first kappa shape index (κ1) is 16.1. The smallest absolute Gasteiger partial charge is 0.154 e. The van der Waals surface area contributed by atoms with Crippen LogP contribution >= 0.6 is 0 Å². The zero-order valence-corrected chi connectivity index (χ0v) is 12.9. The van der Waals surface area contributed by atoms with E-state index in [1.165, 1.54) is 12.7 Å². The summed E-state index contributed by atoms with van der Waals surface area (Å²) in [5.41, 5.74) is 3.33. The van der Waals surface area contributed by atoms with Crippen molar-refractivity contribution in [3.63, 3.8) is 0 Å². The van der Waals surface area contributed by atoms with Crippen LogP contribution in [0.25, 0.3) is 0 Å². The van der Waals surface area contributed by atoms with Gasteiger partial charge in [0, 0.05) is 13.2 Å². The zero-order chi connectivity index (χ0) is 14.5. The minimum atomic E-state index is -3.12. The third-order valence-corrected chi connectivity index (χ3v) is 4.80. The molecule has 0 amide bonds. The van der Waals surface area contributed by atoms with E-state index in [4.69, 9.17) is 4.74 Å². The third kappa shape index (κ3) is 4.93. The summed E-state index contributed by atoms with van der Waals surface area (Å²) in [5.74, 6) is 0.156. The summed E-state index contributed by atoms with van der Waals surface area (Å²) >= 11 is 0. The molecule has 0 saturated carbocycles. The molecule has 0 saturated heterocycles. The Morgan fingerprint density at radius 3 is 2.53 bits per heavy atom. The maximum Gasteiger partial charge on any atom is 0.154 e. The van der Waals surface area contributed by atoms with Gasteiger partial charge in [0.15, 0.2) is 9.84 Å². The Labute approximate surface area is 116 Å². The van der Waals surface area contributed by atoms with Crippen molar-refractivity contribution < 1.29 is 13.2 Å². The normalized spacial score (nSPS) is 13.5. The van der Waals surface area contributed by atoms with E-state index in [-0.39, 0.29) is 24.2 Å². The zero-order valence-electron chi connectivity index (χ0n) is 12.1. The van der Waals surface area contributed by atoms with Crippen LogP contribution in [0, 0.1) is 13.8 Å². The van der Waals surface area contributed by atoms with Crippen LogP contribution in [0.1, 0.15) is 22.7 Å². The van der Waals surface area contributed by atoms with E-state index in [0.717, 1.165) is 11.1 Å². The number of ether oxygens (including phenoxy) is 1. The van der Waals surface area contributed by atoms with Gasteiger partial charge in [0.05, 0.1) is 18.1 Å². The second-order valence-electron chi connectivity index (χ2n) is 4.81. The number of nitrogens with one attached hydrogen (secondary N) is 1. The quantitative estimate of drug-likeness (QED) is 0.827. The van der Waals surface area contributed by atoms with Crippen LogP contribution in [-0.4, -0.2) is 40.7 Å². The lowest BCUT2D eigenvalue weighted by Crippen LogP contribution is -2.28. The van der Waals surface area contributed by atoms with Crippen molar-refractivity contribution in [2.24, 2.45) is 0 Å². The molecule has 19 heavy (non-hydrogen) atoms. The van der Waals surface area contributed by atoms with Crippen molar-refractivity contribution in [2.75, 3.05) is 32.3 Å². The van der Waals surface area contributed by atoms with Gasteiger partial charge in [0.1, 0.15) is 0 Å². The van der Waals surface area contributed by atoms with E-state index in [1.54, 1.807) is 7.05 Å². The predicted octanol–water partition coefficient (Wildman–Crippen LogP) is 1.63. The van der Waals surface area contributed by atoms with E-state index in [1.807, 2.05) is 26.0 Å². The highest BCUT2D eigenvalue weighted by molar-refractivity contribution is 7.91. The molecule has 1 rings (SSSR count). The van der Waals surface area contributed by atoms with Gasteiger partial charge in [-0.2, -0.15) is 0 Å². The maximum atomic E-state index is 12.0. The molecular weight excluding hydrogens is 262 g/mol. The van der Waals surface area contributed by atoms with Gasteiger partial charge in [0.2, 0.25) is 0 Å². The van der Waals surface area contributed by atoms with Crippen LogP contribution in [0.3, 0.4) is 0 Å². The molecule has 0 aliphatic carbocycles. The molecule has 108 valence electrons. The van der Waals surface area contributed by atoms with Crippen molar-refractivity contribution in [3.05, 3.63) is 34.9 Å². The van der Waals surface area contributed by atoms with Crippen LogP contribution in [0.4, 0.5) is 0 Å². The second-order valence-corrected chi connectivity index (χ2v) is 7.04. The lowest BCUT2D eigenvalue weighted by atomic mass is 10.0. The second kappa shape index (κ2) is 7.03. The number of hydrogen-bond acceptors (Lipinski definition) is 4. The van der Waals surface area contributed by atoms with Crippen molar-refractivity contribution in [2.45, 2.75) is 19.9 Å². The molecule has 1 aromatic carbocycles. The summed E-state index contributed by atoms with van der Waals surface area (Å²) in [6.07, 6.45) is 0. The standard InChI is InChI=1S/C14H23NO3S/c1-11-5-6-13(12(2)9-11)14(15-3)10-19(16,17)8-7-18-4/h5-6,9,14-15H,7-8,10H2,1-4H3. The molecule has 0 aliphatic heterocycles. The van der Waals surface area contributed by atoms with Crippen LogP contribution in [-0.2, 0) is 14.6 Å². The highest BCUT2D eigenvalue weighted by Gasteiger charge is 2.20. The molecule has 0 heterocycles. The molecule has 0 radical (unpaired) electrons. The van der Waals surface area contributed by atoms with Gasteiger partial charge in [-0.15, -0.1) is 0 Å². The summed E-state index contributed by atoms with van der Waals surface area (Å²) in [5, 5.41) is 3.09. The largest absolute Gasteiger partial charge is 0.384 e. The molecular formula is C14H23NO3S. The fourth-order valence-electron chi connectivity index (χ4n) is 2.09. The first-order valence-electron chi connectivity index (χ1n) is 6.33. The Bertz CT molecular complexity index is 511. The van der Waals surface area contributed by atoms with Gasteiger partial charge in [-0.1, -0.05) is 23.8 Å². The van der Waals surface area contributed by atoms with E-state index in [9.17, 15) is 8.42 Å². The highest BCUT2D eigenvalue weighted by atomic mass is 32.2. The lowest BCUT2D eigenvalue weighted by molar-refractivity contribution is 0.217. The average molecular weight is 285 g/mol. The SMILES string of the molecule is CNC(CS(=O)(=O)CCOC)c1ccc(C)cc1C. The molecule has 4 nitrogen and oxygen atoms in total. The number of aryl methyl sites for hydroxylation is 2. The minimum absolute atomic E-state index is 0.0621. The van der Waals surface area contributed by atoms with Gasteiger partial charge in [-0.3, -0.25) is 0 Å². The van der Waals surface area contributed by atoms with Crippen LogP contribution < -0.4 is 5.32 Å². The van der Waals surface area contributed by atoms with Crippen molar-refractivity contribution >= 4 is 9.84 Å². The number of hydrogen-bond donors (Lipinski definition) is 1. The van der Waals surface area contributed by atoms with E-state index in [2.05, 4.69) is 11.4 Å². The Balaban J connectivity index is 2.89. The van der Waals surface area contributed by atoms with Gasteiger partial charge in [-0.25, -0.2) is 8.42 Å². The summed E-state index contributed by atoms with van der Waals surface area (Å²) in [6.45, 7) is 4.28. The molecule has 1 atom stereocenters. The summed E-state index contributed by atoms with van der Waals surface area (Å²) in [7, 11) is 0.179. The summed E-state index contributed by atoms with van der Waals surface area (Å²) < 4.78 is 28.8. The number of methoxy groups -OCH3 is 1. The van der Waals surface area contributed by atoms with Gasteiger partial charge < -0.3 is 10.1 Å². The predicted molar refractivity (Wildman–Crippen MR) is 78.2 cm³/mol. The lowest BCUT2D eigenvalue weighted by Gasteiger charge is -2.19. The average Bonchev–Trinajstić information content (AvgIpc) is 2.34. The van der Waals surface area contributed by atoms with Gasteiger partial charge in [0.25, 0.3) is 0 Å².